The smallest absolute Gasteiger partial charge is 0.348 e. The fourth-order valence-electron chi connectivity index (χ4n) is 2.64. The van der Waals surface area contributed by atoms with Gasteiger partial charge in [-0.05, 0) is 31.1 Å². The first-order chi connectivity index (χ1) is 10.4. The van der Waals surface area contributed by atoms with Crippen molar-refractivity contribution in [2.75, 3.05) is 0 Å². The first-order valence-electron chi connectivity index (χ1n) is 6.77. The highest BCUT2D eigenvalue weighted by Crippen LogP contribution is 2.39. The molecule has 1 N–H and O–H groups in total. The van der Waals surface area contributed by atoms with Crippen molar-refractivity contribution in [3.05, 3.63) is 33.3 Å². The van der Waals surface area contributed by atoms with Gasteiger partial charge in [0.05, 0.1) is 5.02 Å². The maximum atomic E-state index is 12.1. The number of carbonyl (C=O) groups is 2. The molecule has 116 valence electrons. The first kappa shape index (κ1) is 15.2. The van der Waals surface area contributed by atoms with Crippen molar-refractivity contribution in [2.24, 2.45) is 0 Å². The lowest BCUT2D eigenvalue weighted by Gasteiger charge is -2.32. The van der Waals surface area contributed by atoms with E-state index in [1.165, 1.54) is 18.2 Å². The van der Waals surface area contributed by atoms with E-state index in [1.807, 2.05) is 0 Å². The standard InChI is InChI=1S/C15H12Cl2O5/c16-9-5-8(12(18)11(17)7-9)6-10-13(19)21-15(22-14(10)20)3-1-2-4-15/h5-7,18H,1-4H2. The number of esters is 2. The molecule has 0 bridgehead atoms. The lowest BCUT2D eigenvalue weighted by Crippen LogP contribution is -2.44. The zero-order chi connectivity index (χ0) is 15.9. The molecule has 7 heteroatoms. The summed E-state index contributed by atoms with van der Waals surface area (Å²) in [5.41, 5.74) is -0.157. The molecule has 1 aromatic carbocycles. The molecule has 1 aromatic rings. The van der Waals surface area contributed by atoms with Crippen LogP contribution in [0.2, 0.25) is 10.0 Å². The Labute approximate surface area is 136 Å². The van der Waals surface area contributed by atoms with Gasteiger partial charge in [-0.2, -0.15) is 0 Å². The minimum absolute atomic E-state index is 0.0177. The SMILES string of the molecule is O=C1OC2(CCCC2)OC(=O)C1=Cc1cc(Cl)cc(Cl)c1O. The summed E-state index contributed by atoms with van der Waals surface area (Å²) < 4.78 is 10.6. The van der Waals surface area contributed by atoms with Crippen molar-refractivity contribution in [3.63, 3.8) is 0 Å². The first-order valence-corrected chi connectivity index (χ1v) is 7.52. The molecule has 1 aliphatic heterocycles. The van der Waals surface area contributed by atoms with E-state index in [1.54, 1.807) is 0 Å². The van der Waals surface area contributed by atoms with Gasteiger partial charge in [-0.1, -0.05) is 23.2 Å². The van der Waals surface area contributed by atoms with Crippen LogP contribution in [-0.2, 0) is 19.1 Å². The number of benzene rings is 1. The fourth-order valence-corrected chi connectivity index (χ4v) is 3.15. The Bertz CT molecular complexity index is 667. The normalized spacial score (nSPS) is 20.0. The van der Waals surface area contributed by atoms with Crippen molar-refractivity contribution in [3.8, 4) is 5.75 Å². The van der Waals surface area contributed by atoms with Crippen LogP contribution in [0.4, 0.5) is 0 Å². The molecule has 0 radical (unpaired) electrons. The molecule has 2 aliphatic rings. The lowest BCUT2D eigenvalue weighted by atomic mass is 10.1. The van der Waals surface area contributed by atoms with Gasteiger partial charge in [0.15, 0.2) is 0 Å². The minimum Gasteiger partial charge on any atom is -0.506 e. The zero-order valence-electron chi connectivity index (χ0n) is 11.4. The average molecular weight is 343 g/mol. The molecule has 5 nitrogen and oxygen atoms in total. The summed E-state index contributed by atoms with van der Waals surface area (Å²) in [5.74, 6) is -2.94. The van der Waals surface area contributed by atoms with Crippen LogP contribution in [0.5, 0.6) is 5.75 Å². The molecule has 1 saturated carbocycles. The Balaban J connectivity index is 1.95. The molecule has 22 heavy (non-hydrogen) atoms. The number of halogens is 2. The maximum absolute atomic E-state index is 12.1. The Morgan fingerprint density at radius 2 is 1.68 bits per heavy atom. The van der Waals surface area contributed by atoms with Gasteiger partial charge in [0.25, 0.3) is 5.79 Å². The van der Waals surface area contributed by atoms with E-state index in [4.69, 9.17) is 32.7 Å². The van der Waals surface area contributed by atoms with Crippen LogP contribution in [0.15, 0.2) is 17.7 Å². The molecule has 1 aliphatic carbocycles. The number of hydrogen-bond donors (Lipinski definition) is 1. The predicted octanol–water partition coefficient (Wildman–Crippen LogP) is 3.45. The maximum Gasteiger partial charge on any atom is 0.348 e. The van der Waals surface area contributed by atoms with E-state index in [2.05, 4.69) is 0 Å². The van der Waals surface area contributed by atoms with Gasteiger partial charge in [0.1, 0.15) is 11.3 Å². The van der Waals surface area contributed by atoms with Gasteiger partial charge < -0.3 is 14.6 Å². The van der Waals surface area contributed by atoms with Gasteiger partial charge in [-0.15, -0.1) is 0 Å². The highest BCUT2D eigenvalue weighted by atomic mass is 35.5. The van der Waals surface area contributed by atoms with Crippen LogP contribution in [0, 0.1) is 0 Å². The van der Waals surface area contributed by atoms with Gasteiger partial charge in [0.2, 0.25) is 0 Å². The third kappa shape index (κ3) is 2.66. The number of carbonyl (C=O) groups excluding carboxylic acids is 2. The third-order valence-corrected chi connectivity index (χ3v) is 4.23. The van der Waals surface area contributed by atoms with Crippen LogP contribution >= 0.6 is 23.2 Å². The molecular formula is C15H12Cl2O5. The monoisotopic (exact) mass is 342 g/mol. The van der Waals surface area contributed by atoms with E-state index < -0.39 is 17.7 Å². The number of hydrogen-bond acceptors (Lipinski definition) is 5. The minimum atomic E-state index is -1.13. The topological polar surface area (TPSA) is 72.8 Å². The van der Waals surface area contributed by atoms with Crippen LogP contribution in [0.25, 0.3) is 6.08 Å². The van der Waals surface area contributed by atoms with Gasteiger partial charge >= 0.3 is 11.9 Å². The largest absolute Gasteiger partial charge is 0.506 e. The predicted molar refractivity (Wildman–Crippen MR) is 79.5 cm³/mol. The van der Waals surface area contributed by atoms with Crippen LogP contribution in [0.3, 0.4) is 0 Å². The van der Waals surface area contributed by atoms with Crippen molar-refractivity contribution in [2.45, 2.75) is 31.5 Å². The fraction of sp³-hybridized carbons (Fsp3) is 0.333. The van der Waals surface area contributed by atoms with E-state index in [0.29, 0.717) is 12.8 Å². The summed E-state index contributed by atoms with van der Waals surface area (Å²) in [7, 11) is 0. The molecule has 0 aromatic heterocycles. The second-order valence-electron chi connectivity index (χ2n) is 5.28. The van der Waals surface area contributed by atoms with E-state index >= 15 is 0 Å². The summed E-state index contributed by atoms with van der Waals surface area (Å²) in [6.07, 6.45) is 3.85. The Morgan fingerprint density at radius 1 is 1.09 bits per heavy atom. The number of phenols is 1. The highest BCUT2D eigenvalue weighted by molar-refractivity contribution is 6.36. The van der Waals surface area contributed by atoms with Crippen molar-refractivity contribution in [1.29, 1.82) is 0 Å². The summed E-state index contributed by atoms with van der Waals surface area (Å²) in [6.45, 7) is 0. The third-order valence-electron chi connectivity index (χ3n) is 3.72. The summed E-state index contributed by atoms with van der Waals surface area (Å²) >= 11 is 11.7. The molecular weight excluding hydrogens is 331 g/mol. The molecule has 1 saturated heterocycles. The molecule has 0 amide bonds. The Kier molecular flexibility index (Phi) is 3.78. The van der Waals surface area contributed by atoms with Crippen LogP contribution in [0.1, 0.15) is 31.2 Å². The van der Waals surface area contributed by atoms with Crippen molar-refractivity contribution < 1.29 is 24.2 Å². The van der Waals surface area contributed by atoms with Crippen LogP contribution < -0.4 is 0 Å². The quantitative estimate of drug-likeness (QED) is 0.480. The number of ether oxygens (including phenoxy) is 2. The number of phenolic OH excluding ortho intramolecular Hbond substituents is 1. The molecule has 2 fully saturated rings. The molecule has 0 atom stereocenters. The highest BCUT2D eigenvalue weighted by Gasteiger charge is 2.47. The Morgan fingerprint density at radius 3 is 2.27 bits per heavy atom. The lowest BCUT2D eigenvalue weighted by molar-refractivity contribution is -0.232. The van der Waals surface area contributed by atoms with E-state index in [-0.39, 0.29) is 26.9 Å². The average Bonchev–Trinajstić information content (AvgIpc) is 2.87. The summed E-state index contributed by atoms with van der Waals surface area (Å²) in [4.78, 5) is 24.2. The van der Waals surface area contributed by atoms with Crippen LogP contribution in [-0.4, -0.2) is 22.8 Å². The van der Waals surface area contributed by atoms with Gasteiger partial charge in [-0.3, -0.25) is 0 Å². The summed E-state index contributed by atoms with van der Waals surface area (Å²) in [6, 6.07) is 2.74. The van der Waals surface area contributed by atoms with Gasteiger partial charge in [0, 0.05) is 23.4 Å². The zero-order valence-corrected chi connectivity index (χ0v) is 12.9. The van der Waals surface area contributed by atoms with Crippen molar-refractivity contribution in [1.82, 2.24) is 0 Å². The Hall–Kier alpha value is -1.72. The molecule has 0 unspecified atom stereocenters. The number of aromatic hydroxyl groups is 1. The number of rotatable bonds is 1. The molecule has 1 heterocycles. The van der Waals surface area contributed by atoms with E-state index in [0.717, 1.165) is 12.8 Å². The molecule has 3 rings (SSSR count). The summed E-state index contributed by atoms with van der Waals surface area (Å²) in [5, 5.41) is 10.2. The van der Waals surface area contributed by atoms with E-state index in [9.17, 15) is 14.7 Å². The van der Waals surface area contributed by atoms with Crippen molar-refractivity contribution >= 4 is 41.2 Å². The second-order valence-corrected chi connectivity index (χ2v) is 6.12. The van der Waals surface area contributed by atoms with Gasteiger partial charge in [-0.25, -0.2) is 9.59 Å². The molecule has 1 spiro atoms. The second kappa shape index (κ2) is 5.48.